The molecule has 1 aliphatic heterocycles. The molecule has 8 nitrogen and oxygen atoms in total. The Bertz CT molecular complexity index is 948. The summed E-state index contributed by atoms with van der Waals surface area (Å²) in [6.45, 7) is 9.56. The first-order valence-corrected chi connectivity index (χ1v) is 13.8. The fraction of sp³-hybridized carbons (Fsp3) is 0.893. The third-order valence-electron chi connectivity index (χ3n) is 11.1. The van der Waals surface area contributed by atoms with Crippen LogP contribution in [0, 0.1) is 34.5 Å². The van der Waals surface area contributed by atoms with Crippen molar-refractivity contribution in [3.8, 4) is 0 Å². The third kappa shape index (κ3) is 3.57. The number of esters is 2. The summed E-state index contributed by atoms with van der Waals surface area (Å²) in [5.41, 5.74) is -2.17. The quantitative estimate of drug-likeness (QED) is 0.411. The lowest BCUT2D eigenvalue weighted by atomic mass is 9.42. The molecule has 5 aliphatic rings. The molecule has 8 heteroatoms. The standard InChI is InChI=1S/C28H42O8/c1-15(2)34-24(32)22-21-18-8-12-27(33,13-9-20(30)31)25(18,4)11-7-19(21)26(5)10-6-17(35-16(3)29)14-28(26)23(22)36-28/h15,17-19,21-23,33H,6-14H2,1-5H3,(H,30,31)/t17-,18-,19-,21-,22+,23-,25-,26+,27+,28+/m0/s1. The van der Waals surface area contributed by atoms with Crippen LogP contribution in [0.3, 0.4) is 0 Å². The Morgan fingerprint density at radius 2 is 1.67 bits per heavy atom. The van der Waals surface area contributed by atoms with Crippen LogP contribution in [0.4, 0.5) is 0 Å². The van der Waals surface area contributed by atoms with Gasteiger partial charge in [-0.15, -0.1) is 0 Å². The molecule has 0 aromatic heterocycles. The van der Waals surface area contributed by atoms with Gasteiger partial charge in [0, 0.05) is 25.2 Å². The van der Waals surface area contributed by atoms with Gasteiger partial charge in [0.2, 0.25) is 0 Å². The summed E-state index contributed by atoms with van der Waals surface area (Å²) in [5.74, 6) is -1.54. The van der Waals surface area contributed by atoms with Crippen molar-refractivity contribution in [3.05, 3.63) is 0 Å². The van der Waals surface area contributed by atoms with E-state index >= 15 is 0 Å². The minimum Gasteiger partial charge on any atom is -0.481 e. The number of rotatable bonds is 6. The number of hydrogen-bond acceptors (Lipinski definition) is 7. The largest absolute Gasteiger partial charge is 0.481 e. The van der Waals surface area contributed by atoms with Gasteiger partial charge in [-0.1, -0.05) is 13.8 Å². The fourth-order valence-electron chi connectivity index (χ4n) is 9.43. The smallest absolute Gasteiger partial charge is 0.312 e. The normalized spacial score (nSPS) is 48.8. The van der Waals surface area contributed by atoms with E-state index in [0.29, 0.717) is 12.8 Å². The van der Waals surface area contributed by atoms with Gasteiger partial charge < -0.3 is 24.4 Å². The van der Waals surface area contributed by atoms with Gasteiger partial charge in [-0.25, -0.2) is 0 Å². The summed E-state index contributed by atoms with van der Waals surface area (Å²) in [6.07, 6.45) is 4.65. The van der Waals surface area contributed by atoms with E-state index in [9.17, 15) is 24.6 Å². The monoisotopic (exact) mass is 506 g/mol. The summed E-state index contributed by atoms with van der Waals surface area (Å²) in [5, 5.41) is 21.1. The molecule has 0 radical (unpaired) electrons. The molecule has 36 heavy (non-hydrogen) atoms. The van der Waals surface area contributed by atoms with Crippen LogP contribution >= 0.6 is 0 Å². The summed E-state index contributed by atoms with van der Waals surface area (Å²) in [6, 6.07) is 0. The molecule has 5 fully saturated rings. The number of ether oxygens (including phenoxy) is 3. The zero-order chi connectivity index (χ0) is 26.3. The molecule has 1 saturated heterocycles. The molecule has 1 spiro atoms. The van der Waals surface area contributed by atoms with E-state index in [1.54, 1.807) is 0 Å². The van der Waals surface area contributed by atoms with Crippen LogP contribution in [0.2, 0.25) is 0 Å². The predicted molar refractivity (Wildman–Crippen MR) is 129 cm³/mol. The number of carboxylic acid groups (broad SMARTS) is 1. The Hall–Kier alpha value is -1.67. The van der Waals surface area contributed by atoms with E-state index in [-0.39, 0.29) is 66.3 Å². The number of carbonyl (C=O) groups excluding carboxylic acids is 2. The van der Waals surface area contributed by atoms with Crippen LogP contribution < -0.4 is 0 Å². The van der Waals surface area contributed by atoms with Gasteiger partial charge in [-0.3, -0.25) is 14.4 Å². The molecular weight excluding hydrogens is 464 g/mol. The topological polar surface area (TPSA) is 123 Å². The fourth-order valence-corrected chi connectivity index (χ4v) is 9.43. The average molecular weight is 507 g/mol. The van der Waals surface area contributed by atoms with Crippen molar-refractivity contribution in [2.45, 2.75) is 122 Å². The maximum Gasteiger partial charge on any atom is 0.312 e. The van der Waals surface area contributed by atoms with Crippen LogP contribution in [-0.4, -0.2) is 57.6 Å². The molecule has 1 heterocycles. The van der Waals surface area contributed by atoms with Crippen molar-refractivity contribution < 1.29 is 38.8 Å². The van der Waals surface area contributed by atoms with E-state index < -0.39 is 28.5 Å². The molecule has 0 bridgehead atoms. The average Bonchev–Trinajstić information content (AvgIpc) is 3.41. The molecule has 0 aromatic rings. The van der Waals surface area contributed by atoms with Crippen LogP contribution in [0.15, 0.2) is 0 Å². The lowest BCUT2D eigenvalue weighted by Gasteiger charge is -2.61. The van der Waals surface area contributed by atoms with Crippen LogP contribution in [0.5, 0.6) is 0 Å². The lowest BCUT2D eigenvalue weighted by Crippen LogP contribution is -2.64. The van der Waals surface area contributed by atoms with Gasteiger partial charge in [0.05, 0.1) is 17.6 Å². The summed E-state index contributed by atoms with van der Waals surface area (Å²) < 4.78 is 18.0. The molecule has 5 rings (SSSR count). The maximum absolute atomic E-state index is 13.7. The van der Waals surface area contributed by atoms with Gasteiger partial charge >= 0.3 is 17.9 Å². The van der Waals surface area contributed by atoms with E-state index in [4.69, 9.17) is 14.2 Å². The second-order valence-corrected chi connectivity index (χ2v) is 13.0. The first-order chi connectivity index (χ1) is 16.8. The molecule has 0 unspecified atom stereocenters. The Kier molecular flexibility index (Phi) is 6.07. The van der Waals surface area contributed by atoms with Gasteiger partial charge in [-0.2, -0.15) is 0 Å². The lowest BCUT2D eigenvalue weighted by molar-refractivity contribution is -0.186. The van der Waals surface area contributed by atoms with E-state index in [2.05, 4.69) is 13.8 Å². The van der Waals surface area contributed by atoms with Gasteiger partial charge in [0.25, 0.3) is 0 Å². The number of carboxylic acids is 1. The highest BCUT2D eigenvalue weighted by molar-refractivity contribution is 5.75. The Balaban J connectivity index is 1.51. The number of fused-ring (bicyclic) bond motifs is 4. The first-order valence-electron chi connectivity index (χ1n) is 13.8. The molecule has 4 aliphatic carbocycles. The molecule has 0 aromatic carbocycles. The third-order valence-corrected chi connectivity index (χ3v) is 11.1. The molecule has 10 atom stereocenters. The summed E-state index contributed by atoms with van der Waals surface area (Å²) in [4.78, 5) is 36.7. The number of aliphatic carboxylic acids is 1. The number of aliphatic hydroxyl groups is 1. The summed E-state index contributed by atoms with van der Waals surface area (Å²) in [7, 11) is 0. The molecule has 202 valence electrons. The zero-order valence-electron chi connectivity index (χ0n) is 22.2. The van der Waals surface area contributed by atoms with Crippen LogP contribution in [-0.2, 0) is 28.6 Å². The highest BCUT2D eigenvalue weighted by Crippen LogP contribution is 2.76. The Morgan fingerprint density at radius 3 is 2.31 bits per heavy atom. The van der Waals surface area contributed by atoms with Crippen molar-refractivity contribution in [2.24, 2.45) is 34.5 Å². The molecule has 2 N–H and O–H groups in total. The highest BCUT2D eigenvalue weighted by atomic mass is 16.6. The zero-order valence-corrected chi connectivity index (χ0v) is 22.2. The first kappa shape index (κ1) is 26.0. The van der Waals surface area contributed by atoms with Crippen molar-refractivity contribution in [1.82, 2.24) is 0 Å². The van der Waals surface area contributed by atoms with Crippen molar-refractivity contribution >= 4 is 17.9 Å². The van der Waals surface area contributed by atoms with Gasteiger partial charge in [0.15, 0.2) is 0 Å². The SMILES string of the molecule is CC(=O)O[C@H]1CC[C@]2(C)[C@H]3CC[C@@]4(C)[C@@H](CC[C@@]4(O)CCC(=O)O)[C@@H]3[C@@H](C(=O)OC(C)C)[C@@H]3O[C@]32C1. The van der Waals surface area contributed by atoms with E-state index in [1.165, 1.54) is 6.92 Å². The van der Waals surface area contributed by atoms with Gasteiger partial charge in [0.1, 0.15) is 17.8 Å². The van der Waals surface area contributed by atoms with Crippen LogP contribution in [0.1, 0.15) is 92.4 Å². The van der Waals surface area contributed by atoms with E-state index in [1.807, 2.05) is 13.8 Å². The molecular formula is C28H42O8. The minimum atomic E-state index is -1.06. The molecule has 0 amide bonds. The number of epoxide rings is 1. The summed E-state index contributed by atoms with van der Waals surface area (Å²) >= 11 is 0. The second-order valence-electron chi connectivity index (χ2n) is 13.0. The number of hydrogen-bond donors (Lipinski definition) is 2. The van der Waals surface area contributed by atoms with E-state index in [0.717, 1.165) is 32.1 Å². The Labute approximate surface area is 213 Å². The van der Waals surface area contributed by atoms with Crippen molar-refractivity contribution in [3.63, 3.8) is 0 Å². The van der Waals surface area contributed by atoms with Crippen molar-refractivity contribution in [2.75, 3.05) is 0 Å². The van der Waals surface area contributed by atoms with Crippen LogP contribution in [0.25, 0.3) is 0 Å². The highest BCUT2D eigenvalue weighted by Gasteiger charge is 2.81. The second kappa shape index (κ2) is 8.42. The molecule has 4 saturated carbocycles. The van der Waals surface area contributed by atoms with Crippen molar-refractivity contribution in [1.29, 1.82) is 0 Å². The minimum absolute atomic E-state index is 0.00440. The Morgan fingerprint density at radius 1 is 1.03 bits per heavy atom. The predicted octanol–water partition coefficient (Wildman–Crippen LogP) is 3.87. The maximum atomic E-state index is 13.7. The van der Waals surface area contributed by atoms with Gasteiger partial charge in [-0.05, 0) is 82.0 Å². The number of carbonyl (C=O) groups is 3.